The second-order valence-corrected chi connectivity index (χ2v) is 6.36. The zero-order valence-electron chi connectivity index (χ0n) is 12.0. The van der Waals surface area contributed by atoms with E-state index in [0.29, 0.717) is 10.8 Å². The van der Waals surface area contributed by atoms with Crippen molar-refractivity contribution in [2.24, 2.45) is 10.8 Å². The topological polar surface area (TPSA) is 32.3 Å². The molecule has 0 aromatic heterocycles. The van der Waals surface area contributed by atoms with Gasteiger partial charge in [-0.2, -0.15) is 0 Å². The van der Waals surface area contributed by atoms with Gasteiger partial charge in [0.05, 0.1) is 0 Å². The third kappa shape index (κ3) is 4.86. The zero-order chi connectivity index (χ0) is 13.0. The molecule has 0 saturated carbocycles. The SMILES string of the molecule is CN(C)C(=O)NCCCC(C)(C)C(C)(C)C. The van der Waals surface area contributed by atoms with Gasteiger partial charge in [-0.1, -0.05) is 34.6 Å². The first-order valence-electron chi connectivity index (χ1n) is 6.03. The highest BCUT2D eigenvalue weighted by molar-refractivity contribution is 5.73. The lowest BCUT2D eigenvalue weighted by Gasteiger charge is -2.39. The molecule has 96 valence electrons. The molecule has 0 saturated heterocycles. The van der Waals surface area contributed by atoms with Crippen molar-refractivity contribution < 1.29 is 4.79 Å². The zero-order valence-corrected chi connectivity index (χ0v) is 12.0. The lowest BCUT2D eigenvalue weighted by atomic mass is 9.67. The van der Waals surface area contributed by atoms with Gasteiger partial charge in [0.25, 0.3) is 0 Å². The van der Waals surface area contributed by atoms with Crippen LogP contribution in [0.1, 0.15) is 47.5 Å². The van der Waals surface area contributed by atoms with E-state index in [0.717, 1.165) is 19.4 Å². The van der Waals surface area contributed by atoms with Gasteiger partial charge in [0, 0.05) is 20.6 Å². The Hall–Kier alpha value is -0.730. The maximum atomic E-state index is 11.3. The monoisotopic (exact) mass is 228 g/mol. The second-order valence-electron chi connectivity index (χ2n) is 6.36. The van der Waals surface area contributed by atoms with Crippen molar-refractivity contribution in [3.63, 3.8) is 0 Å². The predicted molar refractivity (Wildman–Crippen MR) is 69.6 cm³/mol. The normalized spacial score (nSPS) is 12.4. The molecule has 0 unspecified atom stereocenters. The van der Waals surface area contributed by atoms with Crippen LogP contribution in [-0.4, -0.2) is 31.6 Å². The Balaban J connectivity index is 3.88. The summed E-state index contributed by atoms with van der Waals surface area (Å²) in [6, 6.07) is -0.00596. The molecular weight excluding hydrogens is 200 g/mol. The fourth-order valence-corrected chi connectivity index (χ4v) is 1.26. The molecule has 3 heteroatoms. The molecular formula is C13H28N2O. The summed E-state index contributed by atoms with van der Waals surface area (Å²) in [5.74, 6) is 0. The quantitative estimate of drug-likeness (QED) is 0.737. The molecule has 0 aliphatic carbocycles. The molecule has 0 rings (SSSR count). The molecule has 1 N–H and O–H groups in total. The second kappa shape index (κ2) is 5.55. The fourth-order valence-electron chi connectivity index (χ4n) is 1.26. The molecule has 0 aromatic carbocycles. The van der Waals surface area contributed by atoms with Crippen molar-refractivity contribution >= 4 is 6.03 Å². The smallest absolute Gasteiger partial charge is 0.316 e. The molecule has 0 heterocycles. The van der Waals surface area contributed by atoms with Crippen LogP contribution in [-0.2, 0) is 0 Å². The lowest BCUT2D eigenvalue weighted by Crippen LogP contribution is -2.36. The minimum absolute atomic E-state index is 0.00596. The number of carbonyl (C=O) groups excluding carboxylic acids is 1. The third-order valence-corrected chi connectivity index (χ3v) is 3.69. The van der Waals surface area contributed by atoms with Gasteiger partial charge in [0.15, 0.2) is 0 Å². The lowest BCUT2D eigenvalue weighted by molar-refractivity contribution is 0.117. The first kappa shape index (κ1) is 15.3. The molecule has 0 spiro atoms. The number of rotatable bonds is 4. The summed E-state index contributed by atoms with van der Waals surface area (Å²) in [5.41, 5.74) is 0.606. The Morgan fingerprint density at radius 1 is 1.12 bits per heavy atom. The third-order valence-electron chi connectivity index (χ3n) is 3.69. The molecule has 0 radical (unpaired) electrons. The van der Waals surface area contributed by atoms with E-state index in [2.05, 4.69) is 39.9 Å². The number of amides is 2. The number of urea groups is 1. The van der Waals surface area contributed by atoms with Crippen LogP contribution in [0.3, 0.4) is 0 Å². The number of nitrogens with zero attached hydrogens (tertiary/aromatic N) is 1. The van der Waals surface area contributed by atoms with E-state index in [1.54, 1.807) is 19.0 Å². The Morgan fingerprint density at radius 3 is 2.00 bits per heavy atom. The predicted octanol–water partition coefficient (Wildman–Crippen LogP) is 3.11. The molecule has 2 amide bonds. The Morgan fingerprint density at radius 2 is 1.62 bits per heavy atom. The van der Waals surface area contributed by atoms with Crippen molar-refractivity contribution in [1.82, 2.24) is 10.2 Å². The van der Waals surface area contributed by atoms with Crippen molar-refractivity contribution in [3.05, 3.63) is 0 Å². The average Bonchev–Trinajstić information content (AvgIpc) is 2.09. The maximum absolute atomic E-state index is 11.3. The van der Waals surface area contributed by atoms with Crippen molar-refractivity contribution in [2.75, 3.05) is 20.6 Å². The van der Waals surface area contributed by atoms with E-state index < -0.39 is 0 Å². The molecule has 0 aliphatic heterocycles. The summed E-state index contributed by atoms with van der Waals surface area (Å²) in [5, 5.41) is 2.89. The number of carbonyl (C=O) groups is 1. The Kier molecular flexibility index (Phi) is 5.30. The van der Waals surface area contributed by atoms with Gasteiger partial charge >= 0.3 is 6.03 Å². The first-order valence-corrected chi connectivity index (χ1v) is 6.03. The first-order chi connectivity index (χ1) is 7.08. The van der Waals surface area contributed by atoms with Crippen molar-refractivity contribution in [3.8, 4) is 0 Å². The summed E-state index contributed by atoms with van der Waals surface area (Å²) in [6.45, 7) is 12.2. The van der Waals surface area contributed by atoms with Crippen molar-refractivity contribution in [2.45, 2.75) is 47.5 Å². The van der Waals surface area contributed by atoms with E-state index in [1.807, 2.05) is 0 Å². The summed E-state index contributed by atoms with van der Waals surface area (Å²) in [4.78, 5) is 12.8. The van der Waals surface area contributed by atoms with Gasteiger partial charge in [-0.3, -0.25) is 0 Å². The molecule has 0 aliphatic rings. The van der Waals surface area contributed by atoms with Crippen LogP contribution >= 0.6 is 0 Å². The van der Waals surface area contributed by atoms with Gasteiger partial charge < -0.3 is 10.2 Å². The largest absolute Gasteiger partial charge is 0.338 e. The Bertz CT molecular complexity index is 227. The molecule has 0 bridgehead atoms. The van der Waals surface area contributed by atoms with E-state index in [4.69, 9.17) is 0 Å². The van der Waals surface area contributed by atoms with Gasteiger partial charge in [0.2, 0.25) is 0 Å². The summed E-state index contributed by atoms with van der Waals surface area (Å²) in [7, 11) is 3.52. The van der Waals surface area contributed by atoms with Crippen LogP contribution in [0.4, 0.5) is 4.79 Å². The summed E-state index contributed by atoms with van der Waals surface area (Å²) >= 11 is 0. The van der Waals surface area contributed by atoms with Crippen LogP contribution in [0.2, 0.25) is 0 Å². The Labute approximate surface area is 101 Å². The number of nitrogens with one attached hydrogen (secondary N) is 1. The molecule has 0 fully saturated rings. The highest BCUT2D eigenvalue weighted by Crippen LogP contribution is 2.41. The van der Waals surface area contributed by atoms with Gasteiger partial charge in [-0.25, -0.2) is 4.79 Å². The van der Waals surface area contributed by atoms with E-state index >= 15 is 0 Å². The van der Waals surface area contributed by atoms with E-state index in [1.165, 1.54) is 0 Å². The van der Waals surface area contributed by atoms with Crippen LogP contribution in [0.5, 0.6) is 0 Å². The van der Waals surface area contributed by atoms with Crippen LogP contribution < -0.4 is 5.32 Å². The maximum Gasteiger partial charge on any atom is 0.316 e. The van der Waals surface area contributed by atoms with Crippen molar-refractivity contribution in [1.29, 1.82) is 0 Å². The molecule has 16 heavy (non-hydrogen) atoms. The van der Waals surface area contributed by atoms with Gasteiger partial charge in [-0.05, 0) is 23.7 Å². The highest BCUT2D eigenvalue weighted by atomic mass is 16.2. The number of hydrogen-bond acceptors (Lipinski definition) is 1. The average molecular weight is 228 g/mol. The summed E-state index contributed by atoms with van der Waals surface area (Å²) in [6.07, 6.45) is 2.16. The van der Waals surface area contributed by atoms with Gasteiger partial charge in [-0.15, -0.1) is 0 Å². The molecule has 0 aromatic rings. The van der Waals surface area contributed by atoms with Crippen LogP contribution in [0.25, 0.3) is 0 Å². The number of hydrogen-bond donors (Lipinski definition) is 1. The van der Waals surface area contributed by atoms with Gasteiger partial charge in [0.1, 0.15) is 0 Å². The van der Waals surface area contributed by atoms with E-state index in [9.17, 15) is 4.79 Å². The minimum Gasteiger partial charge on any atom is -0.338 e. The van der Waals surface area contributed by atoms with Crippen LogP contribution in [0.15, 0.2) is 0 Å². The standard InChI is InChI=1S/C13H28N2O/c1-12(2,3)13(4,5)9-8-10-14-11(16)15(6)7/h8-10H2,1-7H3,(H,14,16). The van der Waals surface area contributed by atoms with Crippen LogP contribution in [0, 0.1) is 10.8 Å². The minimum atomic E-state index is -0.00596. The molecule has 3 nitrogen and oxygen atoms in total. The molecule has 0 atom stereocenters. The van der Waals surface area contributed by atoms with E-state index in [-0.39, 0.29) is 6.03 Å². The fraction of sp³-hybridized carbons (Fsp3) is 0.923. The highest BCUT2D eigenvalue weighted by Gasteiger charge is 2.31. The summed E-state index contributed by atoms with van der Waals surface area (Å²) < 4.78 is 0.